The highest BCUT2D eigenvalue weighted by molar-refractivity contribution is 7.89. The number of hydrogen-bond donors (Lipinski definition) is 0. The van der Waals surface area contributed by atoms with E-state index >= 15 is 0 Å². The lowest BCUT2D eigenvalue weighted by atomic mass is 10.1. The second-order valence-corrected chi connectivity index (χ2v) is 10.0. The van der Waals surface area contributed by atoms with Gasteiger partial charge in [0.15, 0.2) is 0 Å². The van der Waals surface area contributed by atoms with E-state index in [9.17, 15) is 13.2 Å². The highest BCUT2D eigenvalue weighted by Crippen LogP contribution is 2.22. The summed E-state index contributed by atoms with van der Waals surface area (Å²) in [6, 6.07) is 25.6. The van der Waals surface area contributed by atoms with Crippen molar-refractivity contribution in [2.45, 2.75) is 30.8 Å². The predicted octanol–water partition coefficient (Wildman–Crippen LogP) is 4.37. The van der Waals surface area contributed by atoms with Crippen LogP contribution in [-0.2, 0) is 39.1 Å². The highest BCUT2D eigenvalue weighted by atomic mass is 32.2. The molecule has 0 saturated heterocycles. The maximum Gasteiger partial charge on any atom is 0.305 e. The minimum atomic E-state index is -3.75. The maximum atomic E-state index is 13.6. The van der Waals surface area contributed by atoms with Crippen molar-refractivity contribution < 1.29 is 17.9 Å². The van der Waals surface area contributed by atoms with Gasteiger partial charge < -0.3 is 4.74 Å². The van der Waals surface area contributed by atoms with Gasteiger partial charge in [0.2, 0.25) is 10.0 Å². The third kappa shape index (κ3) is 6.23. The van der Waals surface area contributed by atoms with Crippen molar-refractivity contribution in [3.63, 3.8) is 0 Å². The fraction of sp³-hybridized carbons (Fsp3) is 0.185. The van der Waals surface area contributed by atoms with E-state index in [2.05, 4.69) is 5.10 Å². The standard InChI is InChI=1S/C27H27N3O4S/c1-34-27(31)16-13-22-7-5-8-24(19-22)21-29(35(32,33)26-9-3-2-4-10-26)20-23-11-14-25(15-12-23)30-18-6-17-28-30/h2-12,14-15,17-19H,13,16,20-21H2,1H3. The van der Waals surface area contributed by atoms with E-state index in [1.165, 1.54) is 11.4 Å². The molecule has 0 saturated carbocycles. The van der Waals surface area contributed by atoms with Crippen LogP contribution >= 0.6 is 0 Å². The second kappa shape index (κ2) is 11.1. The number of ether oxygens (including phenoxy) is 1. The summed E-state index contributed by atoms with van der Waals surface area (Å²) in [6.07, 6.45) is 4.37. The first-order valence-electron chi connectivity index (χ1n) is 11.2. The first-order chi connectivity index (χ1) is 17.0. The summed E-state index contributed by atoms with van der Waals surface area (Å²) in [4.78, 5) is 11.8. The molecule has 0 fully saturated rings. The molecule has 0 amide bonds. The third-order valence-corrected chi connectivity index (χ3v) is 7.45. The number of rotatable bonds is 10. The Morgan fingerprint density at radius 3 is 2.29 bits per heavy atom. The Morgan fingerprint density at radius 2 is 1.60 bits per heavy atom. The number of carbonyl (C=O) groups excluding carboxylic acids is 1. The van der Waals surface area contributed by atoms with Crippen molar-refractivity contribution in [1.82, 2.24) is 14.1 Å². The molecule has 1 heterocycles. The zero-order valence-corrected chi connectivity index (χ0v) is 20.3. The molecule has 0 aliphatic carbocycles. The van der Waals surface area contributed by atoms with E-state index in [1.54, 1.807) is 41.2 Å². The van der Waals surface area contributed by atoms with Crippen molar-refractivity contribution in [3.05, 3.63) is 114 Å². The first kappa shape index (κ1) is 24.4. The Morgan fingerprint density at radius 1 is 0.886 bits per heavy atom. The van der Waals surface area contributed by atoms with E-state index in [1.807, 2.05) is 60.8 Å². The molecule has 1 aromatic heterocycles. The van der Waals surface area contributed by atoms with Crippen LogP contribution in [0.15, 0.2) is 102 Å². The van der Waals surface area contributed by atoms with Gasteiger partial charge >= 0.3 is 5.97 Å². The molecule has 0 unspecified atom stereocenters. The number of aromatic nitrogens is 2. The maximum absolute atomic E-state index is 13.6. The minimum Gasteiger partial charge on any atom is -0.469 e. The van der Waals surface area contributed by atoms with Crippen molar-refractivity contribution in [3.8, 4) is 5.69 Å². The monoisotopic (exact) mass is 489 g/mol. The van der Waals surface area contributed by atoms with Crippen LogP contribution in [-0.4, -0.2) is 35.6 Å². The Labute approximate surface area is 205 Å². The van der Waals surface area contributed by atoms with Crippen LogP contribution in [0.25, 0.3) is 5.69 Å². The first-order valence-corrected chi connectivity index (χ1v) is 12.7. The summed E-state index contributed by atoms with van der Waals surface area (Å²) in [5.41, 5.74) is 3.56. The van der Waals surface area contributed by atoms with Crippen LogP contribution < -0.4 is 0 Å². The normalized spacial score (nSPS) is 11.5. The average Bonchev–Trinajstić information content (AvgIpc) is 3.43. The molecule has 0 atom stereocenters. The number of nitrogens with zero attached hydrogens (tertiary/aromatic N) is 3. The van der Waals surface area contributed by atoms with Crippen LogP contribution in [0.2, 0.25) is 0 Å². The molecule has 0 aliphatic heterocycles. The summed E-state index contributed by atoms with van der Waals surface area (Å²) in [5, 5.41) is 4.23. The van der Waals surface area contributed by atoms with Crippen LogP contribution in [0, 0.1) is 0 Å². The highest BCUT2D eigenvalue weighted by Gasteiger charge is 2.25. The fourth-order valence-corrected chi connectivity index (χ4v) is 5.22. The lowest BCUT2D eigenvalue weighted by molar-refractivity contribution is -0.140. The van der Waals surface area contributed by atoms with Crippen molar-refractivity contribution >= 4 is 16.0 Å². The number of carbonyl (C=O) groups is 1. The Bertz CT molecular complexity index is 1350. The molecule has 0 spiro atoms. The molecular weight excluding hydrogens is 462 g/mol. The third-order valence-electron chi connectivity index (χ3n) is 5.64. The number of benzene rings is 3. The summed E-state index contributed by atoms with van der Waals surface area (Å²) in [5.74, 6) is -0.276. The molecule has 7 nitrogen and oxygen atoms in total. The van der Waals surface area contributed by atoms with Gasteiger partial charge in [0, 0.05) is 31.9 Å². The molecule has 0 bridgehead atoms. The van der Waals surface area contributed by atoms with Crippen molar-refractivity contribution in [1.29, 1.82) is 0 Å². The van der Waals surface area contributed by atoms with Gasteiger partial charge in [-0.3, -0.25) is 4.79 Å². The van der Waals surface area contributed by atoms with Gasteiger partial charge in [0.1, 0.15) is 0 Å². The smallest absolute Gasteiger partial charge is 0.305 e. The van der Waals surface area contributed by atoms with Gasteiger partial charge in [-0.25, -0.2) is 13.1 Å². The zero-order valence-electron chi connectivity index (χ0n) is 19.4. The SMILES string of the molecule is COC(=O)CCc1cccc(CN(Cc2ccc(-n3cccn3)cc2)S(=O)(=O)c2ccccc2)c1. The Hall–Kier alpha value is -3.75. The topological polar surface area (TPSA) is 81.5 Å². The minimum absolute atomic E-state index is 0.199. The molecule has 0 radical (unpaired) electrons. The Balaban J connectivity index is 1.59. The van der Waals surface area contributed by atoms with Crippen molar-refractivity contribution in [2.75, 3.05) is 7.11 Å². The predicted molar refractivity (Wildman–Crippen MR) is 133 cm³/mol. The number of sulfonamides is 1. The molecule has 3 aromatic carbocycles. The van der Waals surface area contributed by atoms with Gasteiger partial charge in [0.25, 0.3) is 0 Å². The average molecular weight is 490 g/mol. The molecule has 8 heteroatoms. The van der Waals surface area contributed by atoms with Gasteiger partial charge in [0.05, 0.1) is 17.7 Å². The lowest BCUT2D eigenvalue weighted by Gasteiger charge is -2.23. The molecule has 0 N–H and O–H groups in total. The number of esters is 1. The lowest BCUT2D eigenvalue weighted by Crippen LogP contribution is -2.30. The van der Waals surface area contributed by atoms with Crippen LogP contribution in [0.4, 0.5) is 0 Å². The van der Waals surface area contributed by atoms with E-state index in [4.69, 9.17) is 4.74 Å². The number of aryl methyl sites for hydroxylation is 1. The summed E-state index contributed by atoms with van der Waals surface area (Å²) in [6.45, 7) is 0.410. The number of methoxy groups -OCH3 is 1. The molecule has 35 heavy (non-hydrogen) atoms. The molecule has 0 aliphatic rings. The summed E-state index contributed by atoms with van der Waals surface area (Å²) in [7, 11) is -2.38. The van der Waals surface area contributed by atoms with Crippen molar-refractivity contribution in [2.24, 2.45) is 0 Å². The van der Waals surface area contributed by atoms with E-state index in [-0.39, 0.29) is 30.4 Å². The number of hydrogen-bond acceptors (Lipinski definition) is 5. The summed E-state index contributed by atoms with van der Waals surface area (Å²) >= 11 is 0. The van der Waals surface area contributed by atoms with Crippen LogP contribution in [0.5, 0.6) is 0 Å². The van der Waals surface area contributed by atoms with E-state index < -0.39 is 10.0 Å². The van der Waals surface area contributed by atoms with E-state index in [0.717, 1.165) is 22.4 Å². The van der Waals surface area contributed by atoms with Gasteiger partial charge in [-0.2, -0.15) is 9.40 Å². The van der Waals surface area contributed by atoms with Crippen LogP contribution in [0.3, 0.4) is 0 Å². The molecule has 4 rings (SSSR count). The quantitative estimate of drug-likeness (QED) is 0.309. The fourth-order valence-electron chi connectivity index (χ4n) is 3.78. The zero-order chi connectivity index (χ0) is 24.7. The summed E-state index contributed by atoms with van der Waals surface area (Å²) < 4.78 is 35.1. The van der Waals surface area contributed by atoms with Gasteiger partial charge in [-0.1, -0.05) is 54.6 Å². The molecule has 4 aromatic rings. The Kier molecular flexibility index (Phi) is 7.74. The van der Waals surface area contributed by atoms with Crippen LogP contribution in [0.1, 0.15) is 23.1 Å². The van der Waals surface area contributed by atoms with Gasteiger partial charge in [-0.05, 0) is 53.4 Å². The second-order valence-electron chi connectivity index (χ2n) is 8.10. The molecule has 180 valence electrons. The molecular formula is C27H27N3O4S. The van der Waals surface area contributed by atoms with Gasteiger partial charge in [-0.15, -0.1) is 0 Å². The largest absolute Gasteiger partial charge is 0.469 e. The van der Waals surface area contributed by atoms with E-state index in [0.29, 0.717) is 6.42 Å².